The lowest BCUT2D eigenvalue weighted by molar-refractivity contribution is 0.0760. The molecule has 1 amide bonds. The summed E-state index contributed by atoms with van der Waals surface area (Å²) in [5, 5.41) is 13.0. The van der Waals surface area contributed by atoms with Gasteiger partial charge in [-0.3, -0.25) is 4.79 Å². The first-order valence-electron chi connectivity index (χ1n) is 8.54. The standard InChI is InChI=1S/C18H18N4O3/c19-10-12-5-7-20-16(9-12)24-13-6-8-22(11-13)18(23)17-14-3-1-2-4-15(14)25-21-17/h5,7,9,13H,1-4,6,8,11H2. The molecule has 7 heteroatoms. The van der Waals surface area contributed by atoms with Gasteiger partial charge in [-0.2, -0.15) is 5.26 Å². The molecule has 0 radical (unpaired) electrons. The van der Waals surface area contributed by atoms with Gasteiger partial charge < -0.3 is 14.2 Å². The molecule has 2 aromatic rings. The number of pyridine rings is 1. The zero-order valence-corrected chi connectivity index (χ0v) is 13.8. The minimum atomic E-state index is -0.131. The van der Waals surface area contributed by atoms with Crippen LogP contribution in [0.5, 0.6) is 5.88 Å². The molecule has 4 rings (SSSR count). The van der Waals surface area contributed by atoms with Crippen molar-refractivity contribution in [2.75, 3.05) is 13.1 Å². The monoisotopic (exact) mass is 338 g/mol. The Kier molecular flexibility index (Phi) is 4.10. The largest absolute Gasteiger partial charge is 0.472 e. The van der Waals surface area contributed by atoms with Crippen molar-refractivity contribution in [1.29, 1.82) is 5.26 Å². The molecule has 1 saturated heterocycles. The van der Waals surface area contributed by atoms with Gasteiger partial charge in [0.15, 0.2) is 5.69 Å². The predicted molar refractivity (Wildman–Crippen MR) is 87.0 cm³/mol. The van der Waals surface area contributed by atoms with Crippen molar-refractivity contribution in [1.82, 2.24) is 15.0 Å². The van der Waals surface area contributed by atoms with Crippen LogP contribution < -0.4 is 4.74 Å². The van der Waals surface area contributed by atoms with Crippen molar-refractivity contribution in [3.05, 3.63) is 40.9 Å². The summed E-state index contributed by atoms with van der Waals surface area (Å²) in [6, 6.07) is 5.30. The third kappa shape index (κ3) is 3.07. The fourth-order valence-corrected chi connectivity index (χ4v) is 3.43. The number of hydrogen-bond acceptors (Lipinski definition) is 6. The zero-order valence-electron chi connectivity index (χ0n) is 13.8. The number of amides is 1. The quantitative estimate of drug-likeness (QED) is 0.851. The lowest BCUT2D eigenvalue weighted by atomic mass is 9.96. The van der Waals surface area contributed by atoms with Gasteiger partial charge in [0.2, 0.25) is 5.88 Å². The van der Waals surface area contributed by atoms with Crippen molar-refractivity contribution in [2.45, 2.75) is 38.2 Å². The van der Waals surface area contributed by atoms with Crippen LogP contribution in [-0.4, -0.2) is 40.1 Å². The number of nitrogens with zero attached hydrogens (tertiary/aromatic N) is 4. The second kappa shape index (κ2) is 6.55. The fourth-order valence-electron chi connectivity index (χ4n) is 3.43. The van der Waals surface area contributed by atoms with Gasteiger partial charge in [-0.25, -0.2) is 4.98 Å². The number of rotatable bonds is 3. The second-order valence-electron chi connectivity index (χ2n) is 6.41. The van der Waals surface area contributed by atoms with Gasteiger partial charge in [-0.15, -0.1) is 0 Å². The average Bonchev–Trinajstić information content (AvgIpc) is 3.28. The third-order valence-corrected chi connectivity index (χ3v) is 4.74. The maximum Gasteiger partial charge on any atom is 0.276 e. The highest BCUT2D eigenvalue weighted by Gasteiger charge is 2.33. The summed E-state index contributed by atoms with van der Waals surface area (Å²) in [5.74, 6) is 1.19. The van der Waals surface area contributed by atoms with Crippen LogP contribution in [0, 0.1) is 11.3 Å². The molecule has 1 aliphatic carbocycles. The summed E-state index contributed by atoms with van der Waals surface area (Å²) in [4.78, 5) is 18.6. The molecular formula is C18H18N4O3. The molecule has 1 unspecified atom stereocenters. The van der Waals surface area contributed by atoms with E-state index in [0.717, 1.165) is 43.4 Å². The highest BCUT2D eigenvalue weighted by Crippen LogP contribution is 2.26. The molecule has 0 aromatic carbocycles. The van der Waals surface area contributed by atoms with Crippen molar-refractivity contribution in [3.8, 4) is 11.9 Å². The van der Waals surface area contributed by atoms with E-state index in [1.54, 1.807) is 23.2 Å². The number of aromatic nitrogens is 2. The summed E-state index contributed by atoms with van der Waals surface area (Å²) in [5.41, 5.74) is 1.94. The van der Waals surface area contributed by atoms with Crippen molar-refractivity contribution in [3.63, 3.8) is 0 Å². The number of carbonyl (C=O) groups excluding carboxylic acids is 1. The first kappa shape index (κ1) is 15.6. The van der Waals surface area contributed by atoms with Crippen molar-refractivity contribution in [2.24, 2.45) is 0 Å². The Morgan fingerprint density at radius 1 is 1.40 bits per heavy atom. The Hall–Kier alpha value is -2.88. The van der Waals surface area contributed by atoms with Gasteiger partial charge in [0, 0.05) is 37.2 Å². The molecule has 2 aromatic heterocycles. The van der Waals surface area contributed by atoms with Crippen LogP contribution in [0.25, 0.3) is 0 Å². The molecule has 0 spiro atoms. The average molecular weight is 338 g/mol. The summed E-state index contributed by atoms with van der Waals surface area (Å²) in [6.45, 7) is 1.10. The third-order valence-electron chi connectivity index (χ3n) is 4.74. The molecule has 128 valence electrons. The minimum Gasteiger partial charge on any atom is -0.472 e. The Labute approximate surface area is 145 Å². The zero-order chi connectivity index (χ0) is 17.2. The Morgan fingerprint density at radius 2 is 2.28 bits per heavy atom. The van der Waals surface area contributed by atoms with Crippen LogP contribution in [-0.2, 0) is 12.8 Å². The second-order valence-corrected chi connectivity index (χ2v) is 6.41. The van der Waals surface area contributed by atoms with E-state index < -0.39 is 0 Å². The van der Waals surface area contributed by atoms with Crippen LogP contribution in [0.2, 0.25) is 0 Å². The van der Waals surface area contributed by atoms with Crippen LogP contribution >= 0.6 is 0 Å². The number of fused-ring (bicyclic) bond motifs is 1. The van der Waals surface area contributed by atoms with Crippen LogP contribution in [0.15, 0.2) is 22.9 Å². The van der Waals surface area contributed by atoms with Gasteiger partial charge in [-0.05, 0) is 25.3 Å². The molecule has 0 N–H and O–H groups in total. The van der Waals surface area contributed by atoms with E-state index in [9.17, 15) is 4.79 Å². The minimum absolute atomic E-state index is 0.0864. The molecule has 0 saturated carbocycles. The molecule has 0 bridgehead atoms. The normalized spacial score (nSPS) is 19.3. The van der Waals surface area contributed by atoms with E-state index in [1.165, 1.54) is 0 Å². The van der Waals surface area contributed by atoms with E-state index in [0.29, 0.717) is 30.2 Å². The van der Waals surface area contributed by atoms with Gasteiger partial charge >= 0.3 is 0 Å². The lowest BCUT2D eigenvalue weighted by Gasteiger charge is -2.17. The number of hydrogen-bond donors (Lipinski definition) is 0. The number of carbonyl (C=O) groups is 1. The van der Waals surface area contributed by atoms with E-state index >= 15 is 0 Å². The molecule has 3 heterocycles. The molecule has 1 atom stereocenters. The van der Waals surface area contributed by atoms with Gasteiger partial charge in [0.05, 0.1) is 18.2 Å². The summed E-state index contributed by atoms with van der Waals surface area (Å²) in [6.07, 6.45) is 6.03. The summed E-state index contributed by atoms with van der Waals surface area (Å²) >= 11 is 0. The summed E-state index contributed by atoms with van der Waals surface area (Å²) < 4.78 is 11.2. The lowest BCUT2D eigenvalue weighted by Crippen LogP contribution is -2.32. The molecule has 1 aliphatic heterocycles. The topological polar surface area (TPSA) is 92.2 Å². The van der Waals surface area contributed by atoms with E-state index in [-0.39, 0.29) is 12.0 Å². The molecular weight excluding hydrogens is 320 g/mol. The Bertz CT molecular complexity index is 839. The van der Waals surface area contributed by atoms with E-state index in [2.05, 4.69) is 16.2 Å². The molecule has 1 fully saturated rings. The van der Waals surface area contributed by atoms with E-state index in [1.807, 2.05) is 0 Å². The first-order valence-corrected chi connectivity index (χ1v) is 8.54. The van der Waals surface area contributed by atoms with Gasteiger partial charge in [0.1, 0.15) is 11.9 Å². The Balaban J connectivity index is 1.43. The smallest absolute Gasteiger partial charge is 0.276 e. The van der Waals surface area contributed by atoms with Crippen LogP contribution in [0.1, 0.15) is 46.6 Å². The highest BCUT2D eigenvalue weighted by molar-refractivity contribution is 5.94. The van der Waals surface area contributed by atoms with Gasteiger partial charge in [-0.1, -0.05) is 5.16 Å². The Morgan fingerprint density at radius 3 is 3.16 bits per heavy atom. The number of nitriles is 1. The number of likely N-dealkylation sites (tertiary alicyclic amines) is 1. The highest BCUT2D eigenvalue weighted by atomic mass is 16.5. The fraction of sp³-hybridized carbons (Fsp3) is 0.444. The van der Waals surface area contributed by atoms with Crippen molar-refractivity contribution >= 4 is 5.91 Å². The van der Waals surface area contributed by atoms with Crippen molar-refractivity contribution < 1.29 is 14.1 Å². The molecule has 25 heavy (non-hydrogen) atoms. The number of ether oxygens (including phenoxy) is 1. The van der Waals surface area contributed by atoms with Crippen LogP contribution in [0.4, 0.5) is 0 Å². The van der Waals surface area contributed by atoms with E-state index in [4.69, 9.17) is 14.5 Å². The van der Waals surface area contributed by atoms with Gasteiger partial charge in [0.25, 0.3) is 5.91 Å². The molecule has 7 nitrogen and oxygen atoms in total. The maximum atomic E-state index is 12.8. The number of aryl methyl sites for hydroxylation is 1. The SMILES string of the molecule is N#Cc1ccnc(OC2CCN(C(=O)c3noc4c3CCCC4)C2)c1. The van der Waals surface area contributed by atoms with Crippen LogP contribution in [0.3, 0.4) is 0 Å². The molecule has 2 aliphatic rings. The predicted octanol–water partition coefficient (Wildman–Crippen LogP) is 2.11. The first-order chi connectivity index (χ1) is 12.2. The maximum absolute atomic E-state index is 12.8. The summed E-state index contributed by atoms with van der Waals surface area (Å²) in [7, 11) is 0.